The molecule has 0 aromatic heterocycles. The highest BCUT2D eigenvalue weighted by Crippen LogP contribution is 2.14. The first kappa shape index (κ1) is 11.8. The van der Waals surface area contributed by atoms with Gasteiger partial charge in [-0.3, -0.25) is 4.79 Å². The monoisotopic (exact) mass is 204 g/mol. The Morgan fingerprint density at radius 1 is 1.33 bits per heavy atom. The predicted octanol–water partition coefficient (Wildman–Crippen LogP) is 2.52. The van der Waals surface area contributed by atoms with Crippen LogP contribution in [-0.4, -0.2) is 11.9 Å². The van der Waals surface area contributed by atoms with Gasteiger partial charge in [0.25, 0.3) is 0 Å². The van der Waals surface area contributed by atoms with Gasteiger partial charge in [0.1, 0.15) is 0 Å². The lowest BCUT2D eigenvalue weighted by atomic mass is 10.00. The predicted molar refractivity (Wildman–Crippen MR) is 62.4 cm³/mol. The van der Waals surface area contributed by atoms with Crippen LogP contribution in [0.15, 0.2) is 30.3 Å². The minimum atomic E-state index is -0.0970. The highest BCUT2D eigenvalue weighted by molar-refractivity contribution is 5.83. The molecule has 1 rings (SSSR count). The Morgan fingerprint density at radius 3 is 2.47 bits per heavy atom. The summed E-state index contributed by atoms with van der Waals surface area (Å²) >= 11 is 0. The molecule has 0 aliphatic carbocycles. The van der Waals surface area contributed by atoms with Crippen LogP contribution in [0.3, 0.4) is 0 Å². The molecule has 81 valence electrons. The third kappa shape index (κ3) is 3.39. The summed E-state index contributed by atoms with van der Waals surface area (Å²) in [4.78, 5) is 11.8. The summed E-state index contributed by atoms with van der Waals surface area (Å²) in [5.74, 6) is -0.0300. The van der Waals surface area contributed by atoms with Gasteiger partial charge < -0.3 is 5.32 Å². The lowest BCUT2D eigenvalue weighted by Crippen LogP contribution is -2.35. The summed E-state index contributed by atoms with van der Waals surface area (Å²) in [6.07, 6.45) is 0.716. The molecule has 2 unspecified atom stereocenters. The fourth-order valence-corrected chi connectivity index (χ4v) is 1.33. The Kier molecular flexibility index (Phi) is 4.35. The summed E-state index contributed by atoms with van der Waals surface area (Å²) in [5, 5.41) is 2.93. The summed E-state index contributed by atoms with van der Waals surface area (Å²) in [5.41, 5.74) is 1.05. The van der Waals surface area contributed by atoms with Crippen LogP contribution in [0.2, 0.25) is 0 Å². The van der Waals surface area contributed by atoms with Gasteiger partial charge in [0.15, 0.2) is 0 Å². The van der Waals surface area contributed by atoms with Crippen molar-refractivity contribution in [1.29, 1.82) is 0 Å². The van der Waals surface area contributed by atoms with Crippen LogP contribution in [0.4, 0.5) is 0 Å². The molecule has 1 aromatic carbocycles. The Labute approximate surface area is 91.7 Å². The van der Waals surface area contributed by atoms with E-state index >= 15 is 0 Å². The summed E-state index contributed by atoms with van der Waals surface area (Å²) < 4.78 is 0. The standard InChI is InChI=1S/C13H18NO/c1-4-10(2)14-13(15)11(3)12-8-6-5-7-9-12/h5-11H,1,4H2,2-3H3,(H,14,15). The number of rotatable bonds is 4. The largest absolute Gasteiger partial charge is 0.353 e. The third-order valence-corrected chi connectivity index (χ3v) is 2.51. The van der Waals surface area contributed by atoms with E-state index in [-0.39, 0.29) is 17.9 Å². The molecule has 15 heavy (non-hydrogen) atoms. The van der Waals surface area contributed by atoms with E-state index in [2.05, 4.69) is 12.2 Å². The van der Waals surface area contributed by atoms with Gasteiger partial charge in [-0.05, 0) is 25.8 Å². The second-order valence-electron chi connectivity index (χ2n) is 3.83. The van der Waals surface area contributed by atoms with Gasteiger partial charge >= 0.3 is 0 Å². The Balaban J connectivity index is 2.61. The number of carbonyl (C=O) groups is 1. The van der Waals surface area contributed by atoms with Crippen molar-refractivity contribution in [2.24, 2.45) is 0 Å². The van der Waals surface area contributed by atoms with E-state index in [1.807, 2.05) is 44.2 Å². The van der Waals surface area contributed by atoms with E-state index in [4.69, 9.17) is 0 Å². The van der Waals surface area contributed by atoms with Gasteiger partial charge in [-0.25, -0.2) is 0 Å². The molecule has 1 N–H and O–H groups in total. The Morgan fingerprint density at radius 2 is 1.93 bits per heavy atom. The molecule has 1 aromatic rings. The minimum absolute atomic E-state index is 0.0670. The zero-order valence-electron chi connectivity index (χ0n) is 9.36. The van der Waals surface area contributed by atoms with Gasteiger partial charge in [-0.2, -0.15) is 0 Å². The fraction of sp³-hybridized carbons (Fsp3) is 0.385. The molecule has 0 spiro atoms. The summed E-state index contributed by atoms with van der Waals surface area (Å²) in [6, 6.07) is 9.93. The first-order valence-electron chi connectivity index (χ1n) is 5.29. The molecule has 0 fully saturated rings. The van der Waals surface area contributed by atoms with Gasteiger partial charge in [-0.1, -0.05) is 37.3 Å². The van der Waals surface area contributed by atoms with Crippen LogP contribution in [0.5, 0.6) is 0 Å². The average molecular weight is 204 g/mol. The molecule has 0 saturated heterocycles. The van der Waals surface area contributed by atoms with Crippen molar-refractivity contribution >= 4 is 5.91 Å². The second kappa shape index (κ2) is 5.54. The van der Waals surface area contributed by atoms with E-state index in [1.54, 1.807) is 0 Å². The molecular formula is C13H18NO. The molecule has 1 radical (unpaired) electrons. The van der Waals surface area contributed by atoms with Crippen molar-refractivity contribution in [3.63, 3.8) is 0 Å². The van der Waals surface area contributed by atoms with Gasteiger partial charge in [-0.15, -0.1) is 0 Å². The normalized spacial score (nSPS) is 14.3. The van der Waals surface area contributed by atoms with Crippen molar-refractivity contribution in [3.05, 3.63) is 42.8 Å². The van der Waals surface area contributed by atoms with Crippen LogP contribution < -0.4 is 5.32 Å². The fourth-order valence-electron chi connectivity index (χ4n) is 1.33. The van der Waals surface area contributed by atoms with E-state index in [0.29, 0.717) is 6.42 Å². The summed E-state index contributed by atoms with van der Waals surface area (Å²) in [7, 11) is 0. The number of amides is 1. The number of benzene rings is 1. The molecule has 0 aliphatic rings. The molecular weight excluding hydrogens is 186 g/mol. The average Bonchev–Trinajstić information content (AvgIpc) is 2.29. The van der Waals surface area contributed by atoms with Crippen LogP contribution >= 0.6 is 0 Å². The highest BCUT2D eigenvalue weighted by atomic mass is 16.1. The molecule has 2 heteroatoms. The van der Waals surface area contributed by atoms with E-state index in [9.17, 15) is 4.79 Å². The molecule has 0 bridgehead atoms. The number of carbonyl (C=O) groups excluding carboxylic acids is 1. The summed E-state index contributed by atoms with van der Waals surface area (Å²) in [6.45, 7) is 7.63. The second-order valence-corrected chi connectivity index (χ2v) is 3.83. The van der Waals surface area contributed by atoms with Crippen molar-refractivity contribution in [1.82, 2.24) is 5.32 Å². The minimum Gasteiger partial charge on any atom is -0.353 e. The SMILES string of the molecule is [CH2]CC(C)NC(=O)C(C)c1ccccc1. The molecule has 0 saturated carbocycles. The first-order valence-corrected chi connectivity index (χ1v) is 5.29. The number of nitrogens with one attached hydrogen (secondary N) is 1. The van der Waals surface area contributed by atoms with Crippen LogP contribution in [0.1, 0.15) is 31.7 Å². The van der Waals surface area contributed by atoms with Crippen LogP contribution in [0, 0.1) is 6.92 Å². The van der Waals surface area contributed by atoms with Crippen molar-refractivity contribution in [2.45, 2.75) is 32.2 Å². The zero-order valence-corrected chi connectivity index (χ0v) is 9.36. The lowest BCUT2D eigenvalue weighted by molar-refractivity contribution is -0.122. The molecule has 0 heterocycles. The molecule has 0 aliphatic heterocycles. The van der Waals surface area contributed by atoms with Crippen LogP contribution in [0.25, 0.3) is 0 Å². The number of hydrogen-bond donors (Lipinski definition) is 1. The molecule has 2 nitrogen and oxygen atoms in total. The molecule has 2 atom stereocenters. The maximum Gasteiger partial charge on any atom is 0.227 e. The van der Waals surface area contributed by atoms with Crippen molar-refractivity contribution < 1.29 is 4.79 Å². The van der Waals surface area contributed by atoms with Gasteiger partial charge in [0, 0.05) is 6.04 Å². The number of hydrogen-bond acceptors (Lipinski definition) is 1. The van der Waals surface area contributed by atoms with E-state index in [0.717, 1.165) is 5.56 Å². The van der Waals surface area contributed by atoms with Crippen molar-refractivity contribution in [3.8, 4) is 0 Å². The third-order valence-electron chi connectivity index (χ3n) is 2.51. The Hall–Kier alpha value is -1.31. The van der Waals surface area contributed by atoms with Crippen LogP contribution in [-0.2, 0) is 4.79 Å². The first-order chi connectivity index (χ1) is 7.15. The lowest BCUT2D eigenvalue weighted by Gasteiger charge is -2.16. The zero-order chi connectivity index (χ0) is 11.3. The molecule has 1 amide bonds. The van der Waals surface area contributed by atoms with Gasteiger partial charge in [0.2, 0.25) is 5.91 Å². The van der Waals surface area contributed by atoms with Crippen molar-refractivity contribution in [2.75, 3.05) is 0 Å². The maximum atomic E-state index is 11.8. The van der Waals surface area contributed by atoms with E-state index < -0.39 is 0 Å². The van der Waals surface area contributed by atoms with E-state index in [1.165, 1.54) is 0 Å². The van der Waals surface area contributed by atoms with Gasteiger partial charge in [0.05, 0.1) is 5.92 Å². The topological polar surface area (TPSA) is 29.1 Å². The highest BCUT2D eigenvalue weighted by Gasteiger charge is 2.15. The maximum absolute atomic E-state index is 11.8. The quantitative estimate of drug-likeness (QED) is 0.802. The smallest absolute Gasteiger partial charge is 0.227 e. The Bertz CT molecular complexity index is 308.